The van der Waals surface area contributed by atoms with Crippen LogP contribution in [-0.2, 0) is 16.6 Å². The summed E-state index contributed by atoms with van der Waals surface area (Å²) in [5.74, 6) is 0.746. The van der Waals surface area contributed by atoms with E-state index in [1.165, 1.54) is 0 Å². The molecular weight excluding hydrogens is 264 g/mol. The summed E-state index contributed by atoms with van der Waals surface area (Å²) in [6.07, 6.45) is 3.37. The number of anilines is 1. The van der Waals surface area contributed by atoms with Crippen molar-refractivity contribution in [2.75, 3.05) is 11.9 Å². The highest BCUT2D eigenvalue weighted by molar-refractivity contribution is 7.89. The molecule has 0 fully saturated rings. The lowest BCUT2D eigenvalue weighted by Gasteiger charge is -2.11. The number of nitrogens with one attached hydrogen (secondary N) is 3. The van der Waals surface area contributed by atoms with Crippen molar-refractivity contribution < 1.29 is 8.42 Å². The average molecular weight is 280 g/mol. The zero-order valence-electron chi connectivity index (χ0n) is 10.6. The van der Waals surface area contributed by atoms with Gasteiger partial charge in [0.15, 0.2) is 0 Å². The van der Waals surface area contributed by atoms with Gasteiger partial charge >= 0.3 is 0 Å². The number of imidazole rings is 1. The highest BCUT2D eigenvalue weighted by atomic mass is 32.2. The maximum absolute atomic E-state index is 12.0. The molecule has 1 aromatic carbocycles. The van der Waals surface area contributed by atoms with Crippen LogP contribution in [0.3, 0.4) is 0 Å². The van der Waals surface area contributed by atoms with Gasteiger partial charge < -0.3 is 10.3 Å². The van der Waals surface area contributed by atoms with Crippen LogP contribution in [0.1, 0.15) is 12.7 Å². The molecule has 0 saturated heterocycles. The molecule has 0 spiro atoms. The number of benzene rings is 1. The van der Waals surface area contributed by atoms with Gasteiger partial charge in [-0.3, -0.25) is 0 Å². The molecule has 0 bridgehead atoms. The number of hydrogen-bond donors (Lipinski definition) is 3. The van der Waals surface area contributed by atoms with Gasteiger partial charge in [0.1, 0.15) is 10.7 Å². The average Bonchev–Trinajstić information content (AvgIpc) is 2.90. The van der Waals surface area contributed by atoms with Crippen LogP contribution in [0.2, 0.25) is 0 Å². The van der Waals surface area contributed by atoms with E-state index in [9.17, 15) is 8.42 Å². The lowest BCUT2D eigenvalue weighted by atomic mass is 10.3. The molecule has 0 aliphatic rings. The third kappa shape index (κ3) is 3.33. The number of sulfonamides is 1. The fourth-order valence-electron chi connectivity index (χ4n) is 1.69. The molecule has 1 aromatic heterocycles. The summed E-state index contributed by atoms with van der Waals surface area (Å²) < 4.78 is 26.6. The number of nitrogens with zero attached hydrogens (tertiary/aromatic N) is 1. The Bertz CT molecular complexity index is 623. The predicted octanol–water partition coefficient (Wildman–Crippen LogP) is 1.32. The van der Waals surface area contributed by atoms with E-state index in [2.05, 4.69) is 20.0 Å². The van der Waals surface area contributed by atoms with Crippen molar-refractivity contribution in [3.8, 4) is 0 Å². The Hall–Kier alpha value is -1.86. The summed E-state index contributed by atoms with van der Waals surface area (Å²) in [5.41, 5.74) is 0.555. The van der Waals surface area contributed by atoms with E-state index >= 15 is 0 Å². The van der Waals surface area contributed by atoms with Crippen LogP contribution in [0.5, 0.6) is 0 Å². The smallest absolute Gasteiger partial charge is 0.242 e. The summed E-state index contributed by atoms with van der Waals surface area (Å²) in [4.78, 5) is 7.27. The molecule has 0 aliphatic carbocycles. The van der Waals surface area contributed by atoms with E-state index in [0.717, 1.165) is 5.82 Å². The molecule has 0 unspecified atom stereocenters. The van der Waals surface area contributed by atoms with E-state index in [0.29, 0.717) is 18.8 Å². The standard InChI is InChI=1S/C12H16N4O2S/c1-2-16-19(17,18)11-6-4-3-5-10(11)15-9-12-13-7-8-14-12/h3-8,15-16H,2,9H2,1H3,(H,13,14). The highest BCUT2D eigenvalue weighted by Gasteiger charge is 2.16. The normalized spacial score (nSPS) is 11.4. The van der Waals surface area contributed by atoms with Gasteiger partial charge in [0.2, 0.25) is 10.0 Å². The second kappa shape index (κ2) is 5.85. The minimum Gasteiger partial charge on any atom is -0.377 e. The van der Waals surface area contributed by atoms with Crippen molar-refractivity contribution in [3.63, 3.8) is 0 Å². The number of aromatic nitrogens is 2. The number of rotatable bonds is 6. The van der Waals surface area contributed by atoms with E-state index in [1.807, 2.05) is 0 Å². The third-order valence-corrected chi connectivity index (χ3v) is 4.12. The predicted molar refractivity (Wildman–Crippen MR) is 73.2 cm³/mol. The summed E-state index contributed by atoms with van der Waals surface area (Å²) in [5, 5.41) is 3.07. The SMILES string of the molecule is CCNS(=O)(=O)c1ccccc1NCc1ncc[nH]1. The molecule has 102 valence electrons. The summed E-state index contributed by atoms with van der Waals surface area (Å²) in [6, 6.07) is 6.79. The van der Waals surface area contributed by atoms with Gasteiger partial charge in [-0.15, -0.1) is 0 Å². The Morgan fingerprint density at radius 1 is 1.32 bits per heavy atom. The second-order valence-electron chi connectivity index (χ2n) is 3.89. The minimum atomic E-state index is -3.48. The van der Waals surface area contributed by atoms with Crippen LogP contribution in [-0.4, -0.2) is 24.9 Å². The lowest BCUT2D eigenvalue weighted by molar-refractivity contribution is 0.584. The first-order chi connectivity index (χ1) is 9.13. The Morgan fingerprint density at radius 3 is 2.79 bits per heavy atom. The van der Waals surface area contributed by atoms with Gasteiger partial charge in [-0.05, 0) is 12.1 Å². The zero-order chi connectivity index (χ0) is 13.7. The van der Waals surface area contributed by atoms with Crippen molar-refractivity contribution in [1.82, 2.24) is 14.7 Å². The van der Waals surface area contributed by atoms with Crippen molar-refractivity contribution in [3.05, 3.63) is 42.5 Å². The molecule has 3 N–H and O–H groups in total. The molecule has 1 heterocycles. The van der Waals surface area contributed by atoms with Crippen molar-refractivity contribution in [2.45, 2.75) is 18.4 Å². The summed E-state index contributed by atoms with van der Waals surface area (Å²) in [6.45, 7) is 2.54. The first-order valence-corrected chi connectivity index (χ1v) is 7.42. The molecule has 7 heteroatoms. The molecule has 0 aliphatic heterocycles. The van der Waals surface area contributed by atoms with Crippen LogP contribution in [0.25, 0.3) is 0 Å². The summed E-state index contributed by atoms with van der Waals surface area (Å²) >= 11 is 0. The highest BCUT2D eigenvalue weighted by Crippen LogP contribution is 2.20. The van der Waals surface area contributed by atoms with E-state index in [4.69, 9.17) is 0 Å². The Balaban J connectivity index is 2.21. The van der Waals surface area contributed by atoms with Crippen LogP contribution in [0.4, 0.5) is 5.69 Å². The zero-order valence-corrected chi connectivity index (χ0v) is 11.4. The number of aromatic amines is 1. The number of hydrogen-bond acceptors (Lipinski definition) is 4. The fourth-order valence-corrected chi connectivity index (χ4v) is 2.91. The number of H-pyrrole nitrogens is 1. The van der Waals surface area contributed by atoms with Crippen molar-refractivity contribution in [2.24, 2.45) is 0 Å². The maximum atomic E-state index is 12.0. The topological polar surface area (TPSA) is 86.9 Å². The fraction of sp³-hybridized carbons (Fsp3) is 0.250. The van der Waals surface area contributed by atoms with E-state index < -0.39 is 10.0 Å². The largest absolute Gasteiger partial charge is 0.377 e. The van der Waals surface area contributed by atoms with E-state index in [1.54, 1.807) is 43.6 Å². The minimum absolute atomic E-state index is 0.239. The van der Waals surface area contributed by atoms with Gasteiger partial charge in [0, 0.05) is 18.9 Å². The van der Waals surface area contributed by atoms with Crippen molar-refractivity contribution in [1.29, 1.82) is 0 Å². The quantitative estimate of drug-likeness (QED) is 0.745. The maximum Gasteiger partial charge on any atom is 0.242 e. The third-order valence-electron chi connectivity index (χ3n) is 2.51. The molecular formula is C12H16N4O2S. The van der Waals surface area contributed by atoms with Gasteiger partial charge in [-0.2, -0.15) is 0 Å². The Kier molecular flexibility index (Phi) is 4.18. The van der Waals surface area contributed by atoms with Crippen LogP contribution in [0.15, 0.2) is 41.6 Å². The second-order valence-corrected chi connectivity index (χ2v) is 5.62. The molecule has 0 amide bonds. The van der Waals surface area contributed by atoms with Crippen LogP contribution in [0, 0.1) is 0 Å². The summed E-state index contributed by atoms with van der Waals surface area (Å²) in [7, 11) is -3.48. The lowest BCUT2D eigenvalue weighted by Crippen LogP contribution is -2.24. The van der Waals surface area contributed by atoms with Gasteiger partial charge in [-0.25, -0.2) is 18.1 Å². The number of para-hydroxylation sites is 1. The van der Waals surface area contributed by atoms with E-state index in [-0.39, 0.29) is 4.90 Å². The molecule has 0 radical (unpaired) electrons. The molecule has 2 aromatic rings. The first-order valence-electron chi connectivity index (χ1n) is 5.94. The van der Waals surface area contributed by atoms with Crippen LogP contribution < -0.4 is 10.0 Å². The molecule has 6 nitrogen and oxygen atoms in total. The molecule has 0 saturated carbocycles. The Morgan fingerprint density at radius 2 is 2.11 bits per heavy atom. The van der Waals surface area contributed by atoms with Gasteiger partial charge in [0.25, 0.3) is 0 Å². The van der Waals surface area contributed by atoms with Gasteiger partial charge in [-0.1, -0.05) is 19.1 Å². The first kappa shape index (κ1) is 13.6. The molecule has 2 rings (SSSR count). The van der Waals surface area contributed by atoms with Crippen LogP contribution >= 0.6 is 0 Å². The van der Waals surface area contributed by atoms with Crippen molar-refractivity contribution >= 4 is 15.7 Å². The van der Waals surface area contributed by atoms with Gasteiger partial charge in [0.05, 0.1) is 12.2 Å². The molecule has 0 atom stereocenters. The Labute approximate surface area is 112 Å². The molecule has 19 heavy (non-hydrogen) atoms. The monoisotopic (exact) mass is 280 g/mol.